The highest BCUT2D eigenvalue weighted by Gasteiger charge is 2.10. The molecule has 6 heteroatoms. The number of carbonyl (C=O) groups excluding carboxylic acids is 1. The van der Waals surface area contributed by atoms with E-state index >= 15 is 0 Å². The van der Waals surface area contributed by atoms with E-state index in [1.807, 2.05) is 18.2 Å². The number of aromatic nitrogens is 1. The van der Waals surface area contributed by atoms with E-state index < -0.39 is 0 Å². The minimum absolute atomic E-state index is 0.0830. The highest BCUT2D eigenvalue weighted by Crippen LogP contribution is 2.29. The molecule has 3 rings (SSSR count). The number of fused-ring (bicyclic) bond motifs is 1. The molecular weight excluding hydrogens is 336 g/mol. The normalized spacial score (nSPS) is 10.9. The van der Waals surface area contributed by atoms with Gasteiger partial charge in [-0.1, -0.05) is 37.3 Å². The van der Waals surface area contributed by atoms with Gasteiger partial charge in [0, 0.05) is 6.07 Å². The molecule has 0 atom stereocenters. The fourth-order valence-corrected chi connectivity index (χ4v) is 3.28. The monoisotopic (exact) mass is 356 g/mol. The highest BCUT2D eigenvalue weighted by atomic mass is 32.1. The van der Waals surface area contributed by atoms with E-state index in [1.165, 1.54) is 16.9 Å². The molecule has 0 unspecified atom stereocenters. The Morgan fingerprint density at radius 2 is 2.00 bits per heavy atom. The maximum Gasteiger partial charge on any atom is 0.264 e. The van der Waals surface area contributed by atoms with Crippen molar-refractivity contribution in [3.8, 4) is 11.5 Å². The summed E-state index contributed by atoms with van der Waals surface area (Å²) in [6.07, 6.45) is 0. The number of thiazole rings is 1. The summed E-state index contributed by atoms with van der Waals surface area (Å²) in [5, 5.41) is 3.37. The Balaban J connectivity index is 1.63. The van der Waals surface area contributed by atoms with Crippen LogP contribution in [0.5, 0.6) is 11.5 Å². The largest absolute Gasteiger partial charge is 0.497 e. The molecule has 0 saturated carbocycles. The van der Waals surface area contributed by atoms with Crippen LogP contribution in [0.15, 0.2) is 42.5 Å². The van der Waals surface area contributed by atoms with Crippen LogP contribution in [0.1, 0.15) is 25.3 Å². The van der Waals surface area contributed by atoms with Gasteiger partial charge in [0.1, 0.15) is 11.5 Å². The number of amides is 1. The van der Waals surface area contributed by atoms with Gasteiger partial charge in [0.2, 0.25) is 0 Å². The lowest BCUT2D eigenvalue weighted by atomic mass is 10.0. The van der Waals surface area contributed by atoms with Gasteiger partial charge in [-0.2, -0.15) is 0 Å². The summed E-state index contributed by atoms with van der Waals surface area (Å²) >= 11 is 1.47. The molecule has 0 radical (unpaired) electrons. The van der Waals surface area contributed by atoms with E-state index in [2.05, 4.69) is 36.3 Å². The molecule has 0 spiro atoms. The second kappa shape index (κ2) is 7.53. The van der Waals surface area contributed by atoms with Crippen molar-refractivity contribution in [2.75, 3.05) is 19.0 Å². The number of hydrogen-bond donors (Lipinski definition) is 1. The van der Waals surface area contributed by atoms with Crippen LogP contribution in [0.4, 0.5) is 5.13 Å². The van der Waals surface area contributed by atoms with Crippen molar-refractivity contribution >= 4 is 32.6 Å². The number of methoxy groups -OCH3 is 1. The molecule has 0 bridgehead atoms. The summed E-state index contributed by atoms with van der Waals surface area (Å²) in [5.74, 6) is 1.48. The molecule has 1 N–H and O–H groups in total. The quantitative estimate of drug-likeness (QED) is 0.709. The molecule has 2 aromatic carbocycles. The Morgan fingerprint density at radius 3 is 2.76 bits per heavy atom. The number of anilines is 1. The fraction of sp³-hybridized carbons (Fsp3) is 0.263. The average molecular weight is 356 g/mol. The lowest BCUT2D eigenvalue weighted by molar-refractivity contribution is -0.118. The van der Waals surface area contributed by atoms with Gasteiger partial charge in [0.05, 0.1) is 17.3 Å². The molecule has 130 valence electrons. The van der Waals surface area contributed by atoms with Crippen LogP contribution in [-0.4, -0.2) is 24.6 Å². The molecule has 0 saturated heterocycles. The van der Waals surface area contributed by atoms with Gasteiger partial charge in [-0.15, -0.1) is 0 Å². The van der Waals surface area contributed by atoms with Crippen LogP contribution in [0, 0.1) is 0 Å². The second-order valence-corrected chi connectivity index (χ2v) is 6.95. The SMILES string of the molecule is COc1cccc(OCC(=O)Nc2nc3ccc(C(C)C)cc3s2)c1. The van der Waals surface area contributed by atoms with Crippen molar-refractivity contribution in [2.45, 2.75) is 19.8 Å². The van der Waals surface area contributed by atoms with Crippen molar-refractivity contribution in [1.82, 2.24) is 4.98 Å². The molecule has 0 aliphatic rings. The fourth-order valence-electron chi connectivity index (χ4n) is 2.35. The van der Waals surface area contributed by atoms with Crippen LogP contribution in [0.3, 0.4) is 0 Å². The highest BCUT2D eigenvalue weighted by molar-refractivity contribution is 7.22. The number of benzene rings is 2. The first-order valence-electron chi connectivity index (χ1n) is 8.02. The molecule has 25 heavy (non-hydrogen) atoms. The van der Waals surface area contributed by atoms with Crippen LogP contribution >= 0.6 is 11.3 Å². The van der Waals surface area contributed by atoms with E-state index in [4.69, 9.17) is 9.47 Å². The van der Waals surface area contributed by atoms with E-state index in [0.717, 1.165) is 10.2 Å². The number of nitrogens with one attached hydrogen (secondary N) is 1. The molecule has 0 fully saturated rings. The molecule has 1 heterocycles. The molecular formula is C19H20N2O3S. The van der Waals surface area contributed by atoms with Gasteiger partial charge < -0.3 is 9.47 Å². The first-order chi connectivity index (χ1) is 12.0. The molecule has 0 aliphatic heterocycles. The van der Waals surface area contributed by atoms with Crippen molar-refractivity contribution in [3.63, 3.8) is 0 Å². The topological polar surface area (TPSA) is 60.5 Å². The summed E-state index contributed by atoms with van der Waals surface area (Å²) in [6.45, 7) is 4.22. The maximum absolute atomic E-state index is 12.1. The van der Waals surface area contributed by atoms with Crippen LogP contribution in [-0.2, 0) is 4.79 Å². The van der Waals surface area contributed by atoms with Gasteiger partial charge in [-0.05, 0) is 35.7 Å². The van der Waals surface area contributed by atoms with Gasteiger partial charge in [-0.25, -0.2) is 4.98 Å². The number of rotatable bonds is 6. The van der Waals surface area contributed by atoms with Crippen molar-refractivity contribution in [3.05, 3.63) is 48.0 Å². The maximum atomic E-state index is 12.1. The predicted octanol–water partition coefficient (Wildman–Crippen LogP) is 4.45. The summed E-state index contributed by atoms with van der Waals surface area (Å²) in [6, 6.07) is 13.3. The van der Waals surface area contributed by atoms with Crippen molar-refractivity contribution in [2.24, 2.45) is 0 Å². The molecule has 1 aromatic heterocycles. The Hall–Kier alpha value is -2.60. The first kappa shape index (κ1) is 17.2. The number of carbonyl (C=O) groups is 1. The standard InChI is InChI=1S/C19H20N2O3S/c1-12(2)13-7-8-16-17(9-13)25-19(20-16)21-18(22)11-24-15-6-4-5-14(10-15)23-3/h4-10,12H,11H2,1-3H3,(H,20,21,22). The van der Waals surface area contributed by atoms with Crippen molar-refractivity contribution < 1.29 is 14.3 Å². The molecule has 3 aromatic rings. The van der Waals surface area contributed by atoms with E-state index in [0.29, 0.717) is 22.5 Å². The van der Waals surface area contributed by atoms with Crippen molar-refractivity contribution in [1.29, 1.82) is 0 Å². The smallest absolute Gasteiger partial charge is 0.264 e. The minimum Gasteiger partial charge on any atom is -0.497 e. The minimum atomic E-state index is -0.244. The van der Waals surface area contributed by atoms with Crippen LogP contribution < -0.4 is 14.8 Å². The Morgan fingerprint density at radius 1 is 1.20 bits per heavy atom. The zero-order chi connectivity index (χ0) is 17.8. The van der Waals surface area contributed by atoms with Crippen LogP contribution in [0.25, 0.3) is 10.2 Å². The average Bonchev–Trinajstić information content (AvgIpc) is 3.01. The molecule has 5 nitrogen and oxygen atoms in total. The first-order valence-corrected chi connectivity index (χ1v) is 8.84. The summed E-state index contributed by atoms with van der Waals surface area (Å²) in [4.78, 5) is 16.5. The van der Waals surface area contributed by atoms with Gasteiger partial charge >= 0.3 is 0 Å². The number of hydrogen-bond acceptors (Lipinski definition) is 5. The summed E-state index contributed by atoms with van der Waals surface area (Å²) in [5.41, 5.74) is 2.15. The third-order valence-corrected chi connectivity index (χ3v) is 4.67. The van der Waals surface area contributed by atoms with E-state index in [9.17, 15) is 4.79 Å². The molecule has 1 amide bonds. The van der Waals surface area contributed by atoms with Gasteiger partial charge in [0.25, 0.3) is 5.91 Å². The number of ether oxygens (including phenoxy) is 2. The molecule has 0 aliphatic carbocycles. The number of nitrogens with zero attached hydrogens (tertiary/aromatic N) is 1. The zero-order valence-electron chi connectivity index (χ0n) is 14.4. The van der Waals surface area contributed by atoms with Gasteiger partial charge in [-0.3, -0.25) is 10.1 Å². The Kier molecular flexibility index (Phi) is 5.19. The lowest BCUT2D eigenvalue weighted by Gasteiger charge is -2.07. The van der Waals surface area contributed by atoms with Gasteiger partial charge in [0.15, 0.2) is 11.7 Å². The third-order valence-electron chi connectivity index (χ3n) is 3.74. The van der Waals surface area contributed by atoms with E-state index in [-0.39, 0.29) is 12.5 Å². The predicted molar refractivity (Wildman–Crippen MR) is 101 cm³/mol. The lowest BCUT2D eigenvalue weighted by Crippen LogP contribution is -2.19. The Bertz CT molecular complexity index is 889. The van der Waals surface area contributed by atoms with Crippen LogP contribution in [0.2, 0.25) is 0 Å². The van der Waals surface area contributed by atoms with E-state index in [1.54, 1.807) is 19.2 Å². The second-order valence-electron chi connectivity index (χ2n) is 5.92. The Labute approximate surface area is 150 Å². The zero-order valence-corrected chi connectivity index (χ0v) is 15.2. The summed E-state index contributed by atoms with van der Waals surface area (Å²) in [7, 11) is 1.59. The summed E-state index contributed by atoms with van der Waals surface area (Å²) < 4.78 is 11.7. The third kappa shape index (κ3) is 4.28.